The van der Waals surface area contributed by atoms with Gasteiger partial charge < -0.3 is 4.90 Å². The number of nitrogens with zero attached hydrogens (tertiary/aromatic N) is 2. The molecular weight excluding hydrogens is 172 g/mol. The van der Waals surface area contributed by atoms with E-state index in [0.29, 0.717) is 6.04 Å². The maximum Gasteiger partial charge on any atom is 0.0112 e. The zero-order valence-electron chi connectivity index (χ0n) is 10.1. The normalized spacial score (nSPS) is 24.0. The first-order valence-electron chi connectivity index (χ1n) is 6.13. The zero-order chi connectivity index (χ0) is 10.4. The van der Waals surface area contributed by atoms with Gasteiger partial charge in [0.05, 0.1) is 0 Å². The molecule has 2 nitrogen and oxygen atoms in total. The first-order valence-corrected chi connectivity index (χ1v) is 6.13. The third-order valence-corrected chi connectivity index (χ3v) is 3.23. The molecular formula is C12H26N2. The fraction of sp³-hybridized carbons (Fsp3) is 1.00. The van der Waals surface area contributed by atoms with E-state index < -0.39 is 0 Å². The van der Waals surface area contributed by atoms with Crippen LogP contribution in [0.15, 0.2) is 0 Å². The van der Waals surface area contributed by atoms with Crippen LogP contribution in [0.5, 0.6) is 0 Å². The molecule has 14 heavy (non-hydrogen) atoms. The maximum absolute atomic E-state index is 2.61. The fourth-order valence-electron chi connectivity index (χ4n) is 2.09. The monoisotopic (exact) mass is 198 g/mol. The summed E-state index contributed by atoms with van der Waals surface area (Å²) < 4.78 is 0. The summed E-state index contributed by atoms with van der Waals surface area (Å²) in [5.41, 5.74) is 0. The van der Waals surface area contributed by atoms with Gasteiger partial charge in [0, 0.05) is 19.1 Å². The Morgan fingerprint density at radius 3 is 2.07 bits per heavy atom. The molecule has 0 amide bonds. The Bertz CT molecular complexity index is 145. The van der Waals surface area contributed by atoms with Crippen molar-refractivity contribution in [3.63, 3.8) is 0 Å². The molecule has 0 spiro atoms. The van der Waals surface area contributed by atoms with Gasteiger partial charge in [0.1, 0.15) is 0 Å². The number of rotatable bonds is 1. The zero-order valence-corrected chi connectivity index (χ0v) is 10.1. The van der Waals surface area contributed by atoms with Crippen molar-refractivity contribution < 1.29 is 0 Å². The summed E-state index contributed by atoms with van der Waals surface area (Å²) in [6, 6.07) is 0.711. The molecule has 1 rings (SSSR count). The maximum atomic E-state index is 2.61. The summed E-state index contributed by atoms with van der Waals surface area (Å²) in [6.07, 6.45) is 5.60. The van der Waals surface area contributed by atoms with Crippen LogP contribution >= 0.6 is 0 Å². The second-order valence-electron chi connectivity index (χ2n) is 4.85. The summed E-state index contributed by atoms with van der Waals surface area (Å²) >= 11 is 0. The number of hydrogen-bond acceptors (Lipinski definition) is 2. The van der Waals surface area contributed by atoms with Gasteiger partial charge in [0.25, 0.3) is 0 Å². The van der Waals surface area contributed by atoms with Crippen LogP contribution in [0.25, 0.3) is 0 Å². The minimum Gasteiger partial charge on any atom is -0.305 e. The molecule has 0 aromatic rings. The van der Waals surface area contributed by atoms with E-state index >= 15 is 0 Å². The predicted octanol–water partition coefficient (Wildman–Crippen LogP) is 2.20. The van der Waals surface area contributed by atoms with E-state index in [1.165, 1.54) is 51.9 Å². The Labute approximate surface area is 89.3 Å². The lowest BCUT2D eigenvalue weighted by molar-refractivity contribution is 0.177. The van der Waals surface area contributed by atoms with Crippen molar-refractivity contribution in [1.82, 2.24) is 9.80 Å². The van der Waals surface area contributed by atoms with Gasteiger partial charge in [-0.25, -0.2) is 0 Å². The molecule has 1 saturated heterocycles. The molecule has 0 atom stereocenters. The standard InChI is InChI=1S/C12H26N2/c1-12(2)14-9-7-5-4-6-8-13(3)10-11-14/h12H,4-11H2,1-3H3. The minimum atomic E-state index is 0.711. The van der Waals surface area contributed by atoms with Gasteiger partial charge in [-0.15, -0.1) is 0 Å². The molecule has 0 aromatic carbocycles. The van der Waals surface area contributed by atoms with E-state index in [1.807, 2.05) is 0 Å². The van der Waals surface area contributed by atoms with Crippen LogP contribution in [0.1, 0.15) is 39.5 Å². The minimum absolute atomic E-state index is 0.711. The van der Waals surface area contributed by atoms with E-state index in [1.54, 1.807) is 0 Å². The first-order chi connectivity index (χ1) is 6.70. The Balaban J connectivity index is 2.36. The van der Waals surface area contributed by atoms with Gasteiger partial charge in [-0.2, -0.15) is 0 Å². The summed E-state index contributed by atoms with van der Waals surface area (Å²) in [5, 5.41) is 0. The highest BCUT2D eigenvalue weighted by Gasteiger charge is 2.11. The fourth-order valence-corrected chi connectivity index (χ4v) is 2.09. The Morgan fingerprint density at radius 1 is 0.786 bits per heavy atom. The largest absolute Gasteiger partial charge is 0.305 e. The Morgan fingerprint density at radius 2 is 1.43 bits per heavy atom. The van der Waals surface area contributed by atoms with Crippen LogP contribution in [0.3, 0.4) is 0 Å². The average Bonchev–Trinajstić information content (AvgIpc) is 2.15. The molecule has 84 valence electrons. The van der Waals surface area contributed by atoms with Crippen LogP contribution in [-0.2, 0) is 0 Å². The number of hydrogen-bond donors (Lipinski definition) is 0. The third-order valence-electron chi connectivity index (χ3n) is 3.23. The molecule has 0 bridgehead atoms. The highest BCUT2D eigenvalue weighted by molar-refractivity contribution is 4.67. The van der Waals surface area contributed by atoms with Crippen LogP contribution < -0.4 is 0 Å². The average molecular weight is 198 g/mol. The lowest BCUT2D eigenvalue weighted by Crippen LogP contribution is -2.39. The van der Waals surface area contributed by atoms with Crippen molar-refractivity contribution >= 4 is 0 Å². The molecule has 0 N–H and O–H groups in total. The molecule has 0 unspecified atom stereocenters. The molecule has 1 aliphatic rings. The van der Waals surface area contributed by atoms with Gasteiger partial charge in [0.15, 0.2) is 0 Å². The van der Waals surface area contributed by atoms with Crippen molar-refractivity contribution in [2.45, 2.75) is 45.6 Å². The highest BCUT2D eigenvalue weighted by atomic mass is 15.2. The van der Waals surface area contributed by atoms with Gasteiger partial charge in [-0.3, -0.25) is 4.90 Å². The van der Waals surface area contributed by atoms with Crippen molar-refractivity contribution in [3.8, 4) is 0 Å². The smallest absolute Gasteiger partial charge is 0.0112 e. The predicted molar refractivity (Wildman–Crippen MR) is 62.7 cm³/mol. The van der Waals surface area contributed by atoms with E-state index in [4.69, 9.17) is 0 Å². The molecule has 0 aliphatic carbocycles. The van der Waals surface area contributed by atoms with Crippen LogP contribution in [0.4, 0.5) is 0 Å². The van der Waals surface area contributed by atoms with Crippen molar-refractivity contribution in [1.29, 1.82) is 0 Å². The Hall–Kier alpha value is -0.0800. The van der Waals surface area contributed by atoms with Gasteiger partial charge in [0.2, 0.25) is 0 Å². The molecule has 1 heterocycles. The molecule has 0 radical (unpaired) electrons. The second-order valence-corrected chi connectivity index (χ2v) is 4.85. The quantitative estimate of drug-likeness (QED) is 0.637. The summed E-state index contributed by atoms with van der Waals surface area (Å²) in [5.74, 6) is 0. The molecule has 0 saturated carbocycles. The molecule has 1 aliphatic heterocycles. The molecule has 2 heteroatoms. The third kappa shape index (κ3) is 4.43. The lowest BCUT2D eigenvalue weighted by Gasteiger charge is -2.29. The van der Waals surface area contributed by atoms with Crippen LogP contribution in [-0.4, -0.2) is 49.1 Å². The van der Waals surface area contributed by atoms with Gasteiger partial charge >= 0.3 is 0 Å². The van der Waals surface area contributed by atoms with Crippen molar-refractivity contribution in [2.24, 2.45) is 0 Å². The topological polar surface area (TPSA) is 6.48 Å². The van der Waals surface area contributed by atoms with E-state index in [0.717, 1.165) is 0 Å². The summed E-state index contributed by atoms with van der Waals surface area (Å²) in [7, 11) is 2.25. The second kappa shape index (κ2) is 6.41. The van der Waals surface area contributed by atoms with Crippen molar-refractivity contribution in [3.05, 3.63) is 0 Å². The van der Waals surface area contributed by atoms with Crippen molar-refractivity contribution in [2.75, 3.05) is 33.2 Å². The lowest BCUT2D eigenvalue weighted by atomic mass is 10.1. The SMILES string of the molecule is CC(C)N1CCCCCCN(C)CC1. The first kappa shape index (κ1) is 12.0. The van der Waals surface area contributed by atoms with Crippen LogP contribution in [0, 0.1) is 0 Å². The van der Waals surface area contributed by atoms with Gasteiger partial charge in [-0.05, 0) is 46.8 Å². The number of likely N-dealkylation sites (N-methyl/N-ethyl adjacent to an activating group) is 1. The van der Waals surface area contributed by atoms with E-state index in [2.05, 4.69) is 30.7 Å². The van der Waals surface area contributed by atoms with E-state index in [9.17, 15) is 0 Å². The molecule has 1 fully saturated rings. The van der Waals surface area contributed by atoms with Crippen LogP contribution in [0.2, 0.25) is 0 Å². The highest BCUT2D eigenvalue weighted by Crippen LogP contribution is 2.08. The molecule has 0 aromatic heterocycles. The Kier molecular flexibility index (Phi) is 5.49. The van der Waals surface area contributed by atoms with Gasteiger partial charge in [-0.1, -0.05) is 12.8 Å². The summed E-state index contributed by atoms with van der Waals surface area (Å²) in [6.45, 7) is 9.68. The van der Waals surface area contributed by atoms with E-state index in [-0.39, 0.29) is 0 Å². The summed E-state index contributed by atoms with van der Waals surface area (Å²) in [4.78, 5) is 5.09.